The first-order chi connectivity index (χ1) is 9.48. The fourth-order valence-electron chi connectivity index (χ4n) is 5.64. The maximum Gasteiger partial charge on any atom is 0.339 e. The molecule has 1 N–H and O–H groups in total. The maximum atomic E-state index is 11.7. The fraction of sp³-hybridized carbons (Fsp3) is 0.750. The molecule has 4 bridgehead atoms. The van der Waals surface area contributed by atoms with Crippen molar-refractivity contribution in [1.82, 2.24) is 9.78 Å². The average molecular weight is 274 g/mol. The highest BCUT2D eigenvalue weighted by atomic mass is 16.4. The zero-order valence-corrected chi connectivity index (χ0v) is 12.2. The van der Waals surface area contributed by atoms with Crippen LogP contribution >= 0.6 is 0 Å². The van der Waals surface area contributed by atoms with Crippen molar-refractivity contribution in [3.05, 3.63) is 17.0 Å². The highest BCUT2D eigenvalue weighted by Crippen LogP contribution is 2.60. The molecule has 4 nitrogen and oxygen atoms in total. The number of rotatable bonds is 2. The molecule has 0 unspecified atom stereocenters. The van der Waals surface area contributed by atoms with Gasteiger partial charge in [-0.25, -0.2) is 4.79 Å². The predicted molar refractivity (Wildman–Crippen MR) is 74.8 cm³/mol. The molecule has 4 aliphatic carbocycles. The zero-order valence-electron chi connectivity index (χ0n) is 12.2. The summed E-state index contributed by atoms with van der Waals surface area (Å²) in [4.78, 5) is 11.7. The van der Waals surface area contributed by atoms with Crippen LogP contribution in [0, 0.1) is 24.7 Å². The van der Waals surface area contributed by atoms with Crippen LogP contribution in [0.2, 0.25) is 0 Å². The van der Waals surface area contributed by atoms with Crippen LogP contribution in [0.25, 0.3) is 0 Å². The van der Waals surface area contributed by atoms with Crippen LogP contribution in [0.4, 0.5) is 0 Å². The molecule has 0 aromatic carbocycles. The van der Waals surface area contributed by atoms with Gasteiger partial charge in [0.25, 0.3) is 0 Å². The van der Waals surface area contributed by atoms with E-state index in [-0.39, 0.29) is 5.41 Å². The number of carbonyl (C=O) groups is 1. The molecule has 4 fully saturated rings. The molecule has 4 heteroatoms. The topological polar surface area (TPSA) is 55.1 Å². The summed E-state index contributed by atoms with van der Waals surface area (Å²) >= 11 is 0. The lowest BCUT2D eigenvalue weighted by molar-refractivity contribution is -0.00803. The number of nitrogens with zero attached hydrogens (tertiary/aromatic N) is 2. The van der Waals surface area contributed by atoms with Gasteiger partial charge in [-0.1, -0.05) is 0 Å². The molecule has 1 aromatic rings. The molecule has 5 rings (SSSR count). The quantitative estimate of drug-likeness (QED) is 0.902. The van der Waals surface area contributed by atoms with E-state index < -0.39 is 5.97 Å². The van der Waals surface area contributed by atoms with Crippen LogP contribution in [0.3, 0.4) is 0 Å². The summed E-state index contributed by atoms with van der Waals surface area (Å²) in [6.45, 7) is 1.88. The molecule has 0 radical (unpaired) electrons. The molecule has 0 spiro atoms. The van der Waals surface area contributed by atoms with E-state index in [2.05, 4.69) is 5.10 Å². The third-order valence-electron chi connectivity index (χ3n) is 6.09. The lowest BCUT2D eigenvalue weighted by Gasteiger charge is -2.56. The van der Waals surface area contributed by atoms with Crippen LogP contribution in [0.15, 0.2) is 0 Å². The fourth-order valence-corrected chi connectivity index (χ4v) is 5.64. The van der Waals surface area contributed by atoms with Crippen LogP contribution in [0.5, 0.6) is 0 Å². The van der Waals surface area contributed by atoms with Gasteiger partial charge in [0.2, 0.25) is 0 Å². The van der Waals surface area contributed by atoms with Crippen LogP contribution in [0.1, 0.15) is 60.3 Å². The van der Waals surface area contributed by atoms with Gasteiger partial charge in [0.15, 0.2) is 0 Å². The minimum Gasteiger partial charge on any atom is -0.478 e. The lowest BCUT2D eigenvalue weighted by Crippen LogP contribution is -2.49. The van der Waals surface area contributed by atoms with Crippen molar-refractivity contribution < 1.29 is 9.90 Å². The Kier molecular flexibility index (Phi) is 2.40. The predicted octanol–water partition coefficient (Wildman–Crippen LogP) is 2.89. The van der Waals surface area contributed by atoms with Crippen LogP contribution in [-0.4, -0.2) is 20.9 Å². The van der Waals surface area contributed by atoms with E-state index in [9.17, 15) is 9.90 Å². The Hall–Kier alpha value is -1.32. The molecule has 0 amide bonds. The molecule has 0 saturated heterocycles. The van der Waals surface area contributed by atoms with Gasteiger partial charge in [-0.2, -0.15) is 5.10 Å². The van der Waals surface area contributed by atoms with Gasteiger partial charge in [-0.3, -0.25) is 4.68 Å². The van der Waals surface area contributed by atoms with E-state index in [0.717, 1.165) is 48.4 Å². The van der Waals surface area contributed by atoms with Crippen molar-refractivity contribution in [3.63, 3.8) is 0 Å². The Balaban J connectivity index is 1.85. The molecular formula is C16H22N2O2. The summed E-state index contributed by atoms with van der Waals surface area (Å²) in [6.07, 6.45) is 7.59. The molecule has 4 aliphatic rings. The summed E-state index contributed by atoms with van der Waals surface area (Å²) in [5.41, 5.74) is 2.23. The van der Waals surface area contributed by atoms with E-state index in [1.54, 1.807) is 4.68 Å². The highest BCUT2D eigenvalue weighted by Gasteiger charge is 2.54. The van der Waals surface area contributed by atoms with Gasteiger partial charge in [0.1, 0.15) is 5.56 Å². The monoisotopic (exact) mass is 274 g/mol. The maximum absolute atomic E-state index is 11.7. The summed E-state index contributed by atoms with van der Waals surface area (Å²) in [7, 11) is 1.87. The lowest BCUT2D eigenvalue weighted by atomic mass is 9.48. The first-order valence-corrected chi connectivity index (χ1v) is 7.76. The molecular weight excluding hydrogens is 252 g/mol. The van der Waals surface area contributed by atoms with E-state index in [4.69, 9.17) is 0 Å². The van der Waals surface area contributed by atoms with Crippen LogP contribution in [-0.2, 0) is 12.5 Å². The van der Waals surface area contributed by atoms with Crippen molar-refractivity contribution in [2.24, 2.45) is 24.8 Å². The third kappa shape index (κ3) is 1.54. The average Bonchev–Trinajstić information content (AvgIpc) is 2.65. The SMILES string of the molecule is Cc1c(C(=O)O)c(C23CC4CC(CC(C4)C2)C3)nn1C. The van der Waals surface area contributed by atoms with E-state index in [0.29, 0.717) is 5.56 Å². The number of hydrogen-bond acceptors (Lipinski definition) is 2. The smallest absolute Gasteiger partial charge is 0.339 e. The molecule has 4 saturated carbocycles. The summed E-state index contributed by atoms with van der Waals surface area (Å²) in [6, 6.07) is 0. The minimum atomic E-state index is -0.804. The second kappa shape index (κ2) is 3.86. The van der Waals surface area contributed by atoms with Crippen molar-refractivity contribution in [2.45, 2.75) is 50.9 Å². The van der Waals surface area contributed by atoms with Gasteiger partial charge in [0.05, 0.1) is 5.69 Å². The first kappa shape index (κ1) is 12.4. The second-order valence-corrected chi connectivity index (χ2v) is 7.44. The summed E-state index contributed by atoms with van der Waals surface area (Å²) in [5.74, 6) is 1.63. The molecule has 0 aliphatic heterocycles. The van der Waals surface area contributed by atoms with Gasteiger partial charge >= 0.3 is 5.97 Å². The second-order valence-electron chi connectivity index (χ2n) is 7.44. The standard InChI is InChI=1S/C16H22N2O2/c1-9-13(15(19)20)14(17-18(9)2)16-6-10-3-11(7-16)5-12(4-10)8-16/h10-12H,3-8H2,1-2H3,(H,19,20). The van der Waals surface area contributed by atoms with Crippen molar-refractivity contribution in [3.8, 4) is 0 Å². The number of aromatic carboxylic acids is 1. The molecule has 0 atom stereocenters. The molecule has 1 heterocycles. The summed E-state index contributed by atoms with van der Waals surface area (Å²) < 4.78 is 1.76. The van der Waals surface area contributed by atoms with Gasteiger partial charge < -0.3 is 5.11 Å². The van der Waals surface area contributed by atoms with E-state index >= 15 is 0 Å². The Morgan fingerprint density at radius 2 is 1.70 bits per heavy atom. The van der Waals surface area contributed by atoms with Crippen molar-refractivity contribution >= 4 is 5.97 Å². The number of hydrogen-bond donors (Lipinski definition) is 1. The largest absolute Gasteiger partial charge is 0.478 e. The highest BCUT2D eigenvalue weighted by molar-refractivity contribution is 5.90. The Bertz CT molecular complexity index is 552. The number of carboxylic acid groups (broad SMARTS) is 1. The van der Waals surface area contributed by atoms with Crippen molar-refractivity contribution in [1.29, 1.82) is 0 Å². The number of aromatic nitrogens is 2. The third-order valence-corrected chi connectivity index (χ3v) is 6.09. The minimum absolute atomic E-state index is 0.0640. The molecule has 1 aromatic heterocycles. The number of aryl methyl sites for hydroxylation is 1. The molecule has 108 valence electrons. The number of carboxylic acids is 1. The van der Waals surface area contributed by atoms with Gasteiger partial charge in [0, 0.05) is 18.2 Å². The van der Waals surface area contributed by atoms with Crippen molar-refractivity contribution in [2.75, 3.05) is 0 Å². The van der Waals surface area contributed by atoms with E-state index in [1.165, 1.54) is 19.3 Å². The van der Waals surface area contributed by atoms with Gasteiger partial charge in [-0.15, -0.1) is 0 Å². The van der Waals surface area contributed by atoms with E-state index in [1.807, 2.05) is 14.0 Å². The van der Waals surface area contributed by atoms with Crippen LogP contribution < -0.4 is 0 Å². The normalized spacial score (nSPS) is 38.4. The summed E-state index contributed by atoms with van der Waals surface area (Å²) in [5, 5.41) is 14.3. The first-order valence-electron chi connectivity index (χ1n) is 7.76. The Morgan fingerprint density at radius 1 is 1.20 bits per heavy atom. The zero-order chi connectivity index (χ0) is 14.1. The Morgan fingerprint density at radius 3 is 2.15 bits per heavy atom. The Labute approximate surface area is 119 Å². The molecule has 20 heavy (non-hydrogen) atoms. The van der Waals surface area contributed by atoms with Gasteiger partial charge in [-0.05, 0) is 63.2 Å².